The van der Waals surface area contributed by atoms with E-state index in [1.54, 1.807) is 24.3 Å². The van der Waals surface area contributed by atoms with Gasteiger partial charge in [0.1, 0.15) is 0 Å². The van der Waals surface area contributed by atoms with Crippen molar-refractivity contribution in [2.24, 2.45) is 0 Å². The number of nitro benzene ring substituents is 2. The zero-order valence-electron chi connectivity index (χ0n) is 21.4. The number of rotatable bonds is 3. The van der Waals surface area contributed by atoms with Gasteiger partial charge in [0.05, 0.1) is 61.5 Å². The number of nitrogens with one attached hydrogen (secondary N) is 2. The second-order valence-corrected chi connectivity index (χ2v) is 8.56. The highest BCUT2D eigenvalue weighted by atomic mass is 35.5. The third kappa shape index (κ3) is 7.68. The van der Waals surface area contributed by atoms with Crippen LogP contribution < -0.4 is 22.1 Å². The molecule has 1 heterocycles. The van der Waals surface area contributed by atoms with Gasteiger partial charge in [0.15, 0.2) is 0 Å². The summed E-state index contributed by atoms with van der Waals surface area (Å²) in [5.74, 6) is -1.06. The van der Waals surface area contributed by atoms with Gasteiger partial charge in [-0.1, -0.05) is 35.9 Å². The van der Waals surface area contributed by atoms with Crippen molar-refractivity contribution in [3.63, 3.8) is 0 Å². The van der Waals surface area contributed by atoms with Gasteiger partial charge in [-0.2, -0.15) is 0 Å². The number of ether oxygens (including phenoxy) is 1. The third-order valence-electron chi connectivity index (χ3n) is 5.47. The maximum atomic E-state index is 12.1. The van der Waals surface area contributed by atoms with Crippen molar-refractivity contribution in [1.29, 1.82) is 0 Å². The molecular weight excluding hydrogens is 556 g/mol. The summed E-state index contributed by atoms with van der Waals surface area (Å²) >= 11 is 5.65. The first-order valence-corrected chi connectivity index (χ1v) is 12.0. The quantitative estimate of drug-likeness (QED) is 0.0995. The highest BCUT2D eigenvalue weighted by Gasteiger charge is 2.21. The van der Waals surface area contributed by atoms with E-state index in [4.69, 9.17) is 23.1 Å². The standard InChI is InChI=1S/C13H9N3O3.C8H6ClNO4.C6H8N2/c17-13-9-7-8(16(18)19)5-6-10(9)14-11-3-1-2-4-12(11)15-13;1-14-8(11)6-4-5(10(12)13)2-3-7(6)9;7-5-3-1-2-4-6(5)8/h1-7,14H,(H,15,17);2-4H,1H3;1-4H,7-8H2. The van der Waals surface area contributed by atoms with Gasteiger partial charge in [0, 0.05) is 24.3 Å². The number of carbonyl (C=O) groups is 2. The number of non-ortho nitro benzene ring substituents is 2. The number of methoxy groups -OCH3 is 1. The fourth-order valence-electron chi connectivity index (χ4n) is 3.38. The number of benzene rings is 4. The largest absolute Gasteiger partial charge is 0.465 e. The van der Waals surface area contributed by atoms with Crippen LogP contribution >= 0.6 is 11.6 Å². The van der Waals surface area contributed by atoms with Crippen molar-refractivity contribution < 1.29 is 24.2 Å². The van der Waals surface area contributed by atoms with Gasteiger partial charge in [0.25, 0.3) is 17.3 Å². The summed E-state index contributed by atoms with van der Waals surface area (Å²) < 4.78 is 4.41. The average molecular weight is 579 g/mol. The summed E-state index contributed by atoms with van der Waals surface area (Å²) in [4.78, 5) is 43.2. The number of esters is 1. The van der Waals surface area contributed by atoms with E-state index in [0.29, 0.717) is 22.7 Å². The Kier molecular flexibility index (Phi) is 9.76. The Labute approximate surface area is 238 Å². The lowest BCUT2D eigenvalue weighted by Gasteiger charge is -2.07. The highest BCUT2D eigenvalue weighted by molar-refractivity contribution is 6.33. The van der Waals surface area contributed by atoms with Crippen molar-refractivity contribution >= 4 is 63.3 Å². The van der Waals surface area contributed by atoms with Crippen LogP contribution in [0.1, 0.15) is 20.7 Å². The number of hydrogen-bond acceptors (Lipinski definition) is 10. The molecule has 0 bridgehead atoms. The zero-order valence-corrected chi connectivity index (χ0v) is 22.1. The molecule has 0 fully saturated rings. The summed E-state index contributed by atoms with van der Waals surface area (Å²) in [6.45, 7) is 0. The van der Waals surface area contributed by atoms with Crippen LogP contribution in [-0.2, 0) is 4.74 Å². The highest BCUT2D eigenvalue weighted by Crippen LogP contribution is 2.33. The summed E-state index contributed by atoms with van der Waals surface area (Å²) in [7, 11) is 1.18. The molecule has 5 rings (SSSR count). The fraction of sp³-hybridized carbons (Fsp3) is 0.0370. The molecule has 14 heteroatoms. The van der Waals surface area contributed by atoms with E-state index in [1.807, 2.05) is 24.3 Å². The van der Waals surface area contributed by atoms with E-state index < -0.39 is 15.8 Å². The number of halogens is 1. The first-order chi connectivity index (χ1) is 19.5. The Balaban J connectivity index is 0.000000184. The van der Waals surface area contributed by atoms with Gasteiger partial charge < -0.3 is 26.8 Å². The third-order valence-corrected chi connectivity index (χ3v) is 5.79. The molecule has 6 N–H and O–H groups in total. The van der Waals surface area contributed by atoms with E-state index in [2.05, 4.69) is 15.4 Å². The van der Waals surface area contributed by atoms with Gasteiger partial charge in [-0.05, 0) is 36.4 Å². The van der Waals surface area contributed by atoms with Crippen molar-refractivity contribution in [2.75, 3.05) is 29.2 Å². The second-order valence-electron chi connectivity index (χ2n) is 8.15. The lowest BCUT2D eigenvalue weighted by Crippen LogP contribution is -2.11. The van der Waals surface area contributed by atoms with Crippen LogP contribution in [0.5, 0.6) is 0 Å². The van der Waals surface area contributed by atoms with Crippen LogP contribution in [0.3, 0.4) is 0 Å². The van der Waals surface area contributed by atoms with Crippen LogP contribution in [0.2, 0.25) is 5.02 Å². The Bertz CT molecular complexity index is 1610. The number of carbonyl (C=O) groups excluding carboxylic acids is 2. The number of anilines is 5. The Hall–Kier alpha value is -5.69. The van der Waals surface area contributed by atoms with Gasteiger partial charge in [-0.3, -0.25) is 25.0 Å². The predicted octanol–water partition coefficient (Wildman–Crippen LogP) is 5.79. The van der Waals surface area contributed by atoms with Crippen molar-refractivity contribution in [3.8, 4) is 0 Å². The summed E-state index contributed by atoms with van der Waals surface area (Å²) in [6, 6.07) is 22.2. The van der Waals surface area contributed by atoms with Gasteiger partial charge in [-0.15, -0.1) is 0 Å². The summed E-state index contributed by atoms with van der Waals surface area (Å²) in [6.07, 6.45) is 0. The number of nitrogens with two attached hydrogens (primary N) is 2. The molecule has 4 aromatic carbocycles. The molecule has 1 aliphatic rings. The first-order valence-electron chi connectivity index (χ1n) is 11.6. The summed E-state index contributed by atoms with van der Waals surface area (Å²) in [5, 5.41) is 27.1. The number of nitro groups is 2. The van der Waals surface area contributed by atoms with Crippen LogP contribution in [0.15, 0.2) is 84.9 Å². The molecule has 0 radical (unpaired) electrons. The molecule has 4 aromatic rings. The maximum absolute atomic E-state index is 12.1. The number of hydrogen-bond donors (Lipinski definition) is 4. The number of amides is 1. The van der Waals surface area contributed by atoms with E-state index in [1.165, 1.54) is 37.4 Å². The molecule has 13 nitrogen and oxygen atoms in total. The molecule has 0 aromatic heterocycles. The Morgan fingerprint density at radius 1 is 0.780 bits per heavy atom. The molecule has 0 aliphatic carbocycles. The maximum Gasteiger partial charge on any atom is 0.339 e. The Morgan fingerprint density at radius 2 is 1.29 bits per heavy atom. The lowest BCUT2D eigenvalue weighted by molar-refractivity contribution is -0.385. The van der Waals surface area contributed by atoms with Crippen LogP contribution in [0, 0.1) is 20.2 Å². The normalized spacial score (nSPS) is 10.8. The second kappa shape index (κ2) is 13.4. The van der Waals surface area contributed by atoms with Crippen LogP contribution in [0.25, 0.3) is 0 Å². The predicted molar refractivity (Wildman–Crippen MR) is 155 cm³/mol. The molecule has 0 atom stereocenters. The number of para-hydroxylation sites is 4. The van der Waals surface area contributed by atoms with E-state index in [9.17, 15) is 29.8 Å². The molecule has 210 valence electrons. The van der Waals surface area contributed by atoms with Crippen LogP contribution in [0.4, 0.5) is 39.8 Å². The monoisotopic (exact) mass is 578 g/mol. The zero-order chi connectivity index (χ0) is 30.1. The van der Waals surface area contributed by atoms with Crippen molar-refractivity contribution in [3.05, 3.63) is 121 Å². The lowest BCUT2D eigenvalue weighted by atomic mass is 10.1. The minimum atomic E-state index is -0.696. The number of nitrogen functional groups attached to an aromatic ring is 2. The molecule has 0 spiro atoms. The first kappa shape index (κ1) is 29.9. The van der Waals surface area contributed by atoms with E-state index >= 15 is 0 Å². The summed E-state index contributed by atoms with van der Waals surface area (Å²) in [5.41, 5.74) is 14.0. The van der Waals surface area contributed by atoms with E-state index in [0.717, 1.165) is 11.8 Å². The SMILES string of the molecule is COC(=O)c1cc([N+](=O)[O-])ccc1Cl.Nc1ccccc1N.O=C1Nc2ccccc2Nc2ccc([N+](=O)[O-])cc21. The van der Waals surface area contributed by atoms with Crippen molar-refractivity contribution in [2.45, 2.75) is 0 Å². The molecular formula is C27H23ClN6O7. The van der Waals surface area contributed by atoms with Crippen LogP contribution in [-0.4, -0.2) is 28.8 Å². The number of nitrogens with zero attached hydrogens (tertiary/aromatic N) is 2. The molecule has 0 saturated carbocycles. The minimum Gasteiger partial charge on any atom is -0.465 e. The average Bonchev–Trinajstić information content (AvgIpc) is 3.10. The number of fused-ring (bicyclic) bond motifs is 2. The van der Waals surface area contributed by atoms with E-state index in [-0.39, 0.29) is 33.4 Å². The molecule has 1 aliphatic heterocycles. The minimum absolute atomic E-state index is 0.0108. The topological polar surface area (TPSA) is 206 Å². The van der Waals surface area contributed by atoms with Gasteiger partial charge >= 0.3 is 5.97 Å². The van der Waals surface area contributed by atoms with Gasteiger partial charge in [0.2, 0.25) is 0 Å². The van der Waals surface area contributed by atoms with Crippen molar-refractivity contribution in [1.82, 2.24) is 0 Å². The molecule has 0 saturated heterocycles. The fourth-order valence-corrected chi connectivity index (χ4v) is 3.58. The molecule has 0 unspecified atom stereocenters. The smallest absolute Gasteiger partial charge is 0.339 e. The molecule has 41 heavy (non-hydrogen) atoms. The van der Waals surface area contributed by atoms with Gasteiger partial charge in [-0.25, -0.2) is 4.79 Å². The molecule has 1 amide bonds. The Morgan fingerprint density at radius 3 is 1.83 bits per heavy atom.